The molecule has 8 heteroatoms. The Bertz CT molecular complexity index is 942. The predicted octanol–water partition coefficient (Wildman–Crippen LogP) is 3.13. The number of nitrogens with zero attached hydrogens (tertiary/aromatic N) is 1. The van der Waals surface area contributed by atoms with Crippen molar-refractivity contribution in [1.82, 2.24) is 4.90 Å². The average molecular weight is 458 g/mol. The molecule has 1 N–H and O–H groups in total. The highest BCUT2D eigenvalue weighted by Gasteiger charge is 2.50. The number of carboxylic acids is 1. The van der Waals surface area contributed by atoms with Crippen LogP contribution in [0.15, 0.2) is 24.3 Å². The summed E-state index contributed by atoms with van der Waals surface area (Å²) < 4.78 is 5.52. The van der Waals surface area contributed by atoms with E-state index in [9.17, 15) is 29.1 Å². The van der Waals surface area contributed by atoms with E-state index in [4.69, 9.17) is 4.74 Å². The number of aliphatic carboxylic acids is 1. The molecule has 0 aromatic heterocycles. The van der Waals surface area contributed by atoms with Gasteiger partial charge in [-0.05, 0) is 46.0 Å². The van der Waals surface area contributed by atoms with Gasteiger partial charge in [-0.25, -0.2) is 4.79 Å². The highest BCUT2D eigenvalue weighted by Crippen LogP contribution is 2.38. The number of carbonyl (C=O) groups is 5. The molecule has 1 fully saturated rings. The lowest BCUT2D eigenvalue weighted by atomic mass is 9.76. The van der Waals surface area contributed by atoms with Gasteiger partial charge in [0.15, 0.2) is 11.6 Å². The van der Waals surface area contributed by atoms with Gasteiger partial charge in [0.1, 0.15) is 11.6 Å². The Balaban J connectivity index is 1.98. The van der Waals surface area contributed by atoms with Gasteiger partial charge in [0.2, 0.25) is 5.91 Å². The second-order valence-corrected chi connectivity index (χ2v) is 9.93. The van der Waals surface area contributed by atoms with Crippen LogP contribution in [0.25, 0.3) is 0 Å². The van der Waals surface area contributed by atoms with Crippen LogP contribution in [0.3, 0.4) is 0 Å². The van der Waals surface area contributed by atoms with Crippen LogP contribution in [0.2, 0.25) is 0 Å². The number of hydrogen-bond donors (Lipinski definition) is 1. The number of esters is 1. The third-order valence-electron chi connectivity index (χ3n) is 6.24. The number of ketones is 2. The van der Waals surface area contributed by atoms with Crippen LogP contribution in [0.4, 0.5) is 0 Å². The second kappa shape index (κ2) is 9.45. The van der Waals surface area contributed by atoms with Gasteiger partial charge in [-0.3, -0.25) is 19.2 Å². The second-order valence-electron chi connectivity index (χ2n) is 9.93. The number of amides is 1. The molecule has 2 aliphatic rings. The van der Waals surface area contributed by atoms with Gasteiger partial charge in [-0.15, -0.1) is 0 Å². The van der Waals surface area contributed by atoms with Gasteiger partial charge < -0.3 is 14.7 Å². The van der Waals surface area contributed by atoms with E-state index in [-0.39, 0.29) is 24.1 Å². The Morgan fingerprint density at radius 3 is 2.18 bits per heavy atom. The molecule has 3 atom stereocenters. The molecular weight excluding hydrogens is 426 g/mol. The number of piperidine rings is 1. The number of ether oxygens (including phenoxy) is 1. The van der Waals surface area contributed by atoms with Gasteiger partial charge in [0.25, 0.3) is 0 Å². The van der Waals surface area contributed by atoms with Crippen LogP contribution in [-0.4, -0.2) is 57.6 Å². The molecule has 1 aliphatic heterocycles. The van der Waals surface area contributed by atoms with E-state index in [1.165, 1.54) is 4.90 Å². The summed E-state index contributed by atoms with van der Waals surface area (Å²) in [5, 5.41) is 9.37. The van der Waals surface area contributed by atoms with Crippen LogP contribution in [0.5, 0.6) is 0 Å². The summed E-state index contributed by atoms with van der Waals surface area (Å²) in [7, 11) is 0. The number of carboxylic acid groups (broad SMARTS) is 1. The maximum atomic E-state index is 13.9. The van der Waals surface area contributed by atoms with Crippen LogP contribution in [-0.2, 0) is 19.1 Å². The number of Topliss-reactive ketones (excluding diaryl/α,β-unsaturated/α-hetero) is 2. The quantitative estimate of drug-likeness (QED) is 0.515. The molecule has 1 aliphatic carbocycles. The molecule has 33 heavy (non-hydrogen) atoms. The zero-order chi connectivity index (χ0) is 24.5. The van der Waals surface area contributed by atoms with E-state index < -0.39 is 58.8 Å². The van der Waals surface area contributed by atoms with Crippen molar-refractivity contribution in [2.75, 3.05) is 6.54 Å². The number of carbonyl (C=O) groups excluding carboxylic acids is 4. The van der Waals surface area contributed by atoms with Gasteiger partial charge >= 0.3 is 11.9 Å². The Hall–Kier alpha value is -3.03. The van der Waals surface area contributed by atoms with Gasteiger partial charge in [0, 0.05) is 24.1 Å². The van der Waals surface area contributed by atoms with Gasteiger partial charge in [0.05, 0.1) is 11.8 Å². The summed E-state index contributed by atoms with van der Waals surface area (Å²) in [4.78, 5) is 66.0. The number of likely N-dealkylation sites (tertiary alicyclic amines) is 1. The lowest BCUT2D eigenvalue weighted by Gasteiger charge is -2.39. The zero-order valence-electron chi connectivity index (χ0n) is 19.5. The highest BCUT2D eigenvalue weighted by atomic mass is 16.6. The first kappa shape index (κ1) is 24.6. The third-order valence-corrected chi connectivity index (χ3v) is 6.24. The van der Waals surface area contributed by atoms with Gasteiger partial charge in [-0.1, -0.05) is 31.2 Å². The standard InChI is InChI=1S/C25H31NO7/c1-14(13-18(27)28)19(20-21(29)15-9-5-6-10-16(15)22(20)30)23(31)26-12-8-7-11-17(26)24(32)33-25(2,3)4/h5-6,9-10,14,17,19-20H,7-8,11-13H2,1-4H3,(H,27,28)/t14-,17+,19+/m1/s1. The van der Waals surface area contributed by atoms with Crippen LogP contribution < -0.4 is 0 Å². The SMILES string of the molecule is C[C@H](CC(=O)O)[C@H](C(=O)N1CCCC[C@H]1C(=O)OC(C)(C)C)C1C(=O)c2ccccc2C1=O. The molecule has 0 unspecified atom stereocenters. The van der Waals surface area contributed by atoms with Crippen molar-refractivity contribution in [2.24, 2.45) is 17.8 Å². The number of fused-ring (bicyclic) bond motifs is 1. The molecule has 0 radical (unpaired) electrons. The minimum Gasteiger partial charge on any atom is -0.481 e. The third kappa shape index (κ3) is 5.15. The first-order valence-electron chi connectivity index (χ1n) is 11.3. The molecule has 0 saturated carbocycles. The summed E-state index contributed by atoms with van der Waals surface area (Å²) >= 11 is 0. The maximum absolute atomic E-state index is 13.9. The first-order valence-corrected chi connectivity index (χ1v) is 11.3. The highest BCUT2D eigenvalue weighted by molar-refractivity contribution is 6.27. The Kier molecular flexibility index (Phi) is 7.05. The molecule has 0 bridgehead atoms. The van der Waals surface area contributed by atoms with Crippen molar-refractivity contribution in [3.05, 3.63) is 35.4 Å². The number of hydrogen-bond acceptors (Lipinski definition) is 6. The number of benzene rings is 1. The fourth-order valence-corrected chi connectivity index (χ4v) is 4.81. The van der Waals surface area contributed by atoms with Crippen LogP contribution in [0, 0.1) is 17.8 Å². The van der Waals surface area contributed by atoms with E-state index in [1.807, 2.05) is 0 Å². The summed E-state index contributed by atoms with van der Waals surface area (Å²) in [6.45, 7) is 7.06. The van der Waals surface area contributed by atoms with E-state index in [0.717, 1.165) is 6.42 Å². The molecule has 3 rings (SSSR count). The molecule has 8 nitrogen and oxygen atoms in total. The Labute approximate surface area is 193 Å². The van der Waals surface area contributed by atoms with Crippen molar-refractivity contribution in [3.63, 3.8) is 0 Å². The van der Waals surface area contributed by atoms with E-state index >= 15 is 0 Å². The zero-order valence-corrected chi connectivity index (χ0v) is 19.5. The molecule has 1 aromatic carbocycles. The van der Waals surface area contributed by atoms with Crippen LogP contribution in [0.1, 0.15) is 74.1 Å². The largest absolute Gasteiger partial charge is 0.481 e. The first-order chi connectivity index (χ1) is 15.4. The fraction of sp³-hybridized carbons (Fsp3) is 0.560. The topological polar surface area (TPSA) is 118 Å². The monoisotopic (exact) mass is 457 g/mol. The van der Waals surface area contributed by atoms with Crippen molar-refractivity contribution in [1.29, 1.82) is 0 Å². The minimum absolute atomic E-state index is 0.246. The normalized spacial score (nSPS) is 20.8. The smallest absolute Gasteiger partial charge is 0.329 e. The minimum atomic E-state index is -1.30. The molecule has 1 amide bonds. The maximum Gasteiger partial charge on any atom is 0.329 e. The lowest BCUT2D eigenvalue weighted by Crippen LogP contribution is -2.54. The van der Waals surface area contributed by atoms with Crippen molar-refractivity contribution < 1.29 is 33.8 Å². The van der Waals surface area contributed by atoms with Crippen molar-refractivity contribution >= 4 is 29.4 Å². The molecule has 178 valence electrons. The van der Waals surface area contributed by atoms with E-state index in [0.29, 0.717) is 12.8 Å². The molecule has 0 spiro atoms. The average Bonchev–Trinajstić information content (AvgIpc) is 2.97. The van der Waals surface area contributed by atoms with Crippen molar-refractivity contribution in [3.8, 4) is 0 Å². The fourth-order valence-electron chi connectivity index (χ4n) is 4.81. The van der Waals surface area contributed by atoms with Crippen LogP contribution >= 0.6 is 0 Å². The van der Waals surface area contributed by atoms with E-state index in [1.54, 1.807) is 52.0 Å². The summed E-state index contributed by atoms with van der Waals surface area (Å²) in [6, 6.07) is 5.55. The van der Waals surface area contributed by atoms with E-state index in [2.05, 4.69) is 0 Å². The molecule has 1 saturated heterocycles. The summed E-state index contributed by atoms with van der Waals surface area (Å²) in [6.07, 6.45) is 1.43. The molecule has 1 heterocycles. The van der Waals surface area contributed by atoms with Crippen molar-refractivity contribution in [2.45, 2.75) is 65.0 Å². The Morgan fingerprint density at radius 2 is 1.67 bits per heavy atom. The van der Waals surface area contributed by atoms with Gasteiger partial charge in [-0.2, -0.15) is 0 Å². The summed E-state index contributed by atoms with van der Waals surface area (Å²) in [5.41, 5.74) is -0.247. The number of rotatable bonds is 6. The molecule has 1 aromatic rings. The molecular formula is C25H31NO7. The summed E-state index contributed by atoms with van der Waals surface area (Å²) in [5.74, 6) is -6.43. The Morgan fingerprint density at radius 1 is 1.09 bits per heavy atom. The predicted molar refractivity (Wildman–Crippen MR) is 119 cm³/mol. The lowest BCUT2D eigenvalue weighted by molar-refractivity contribution is -0.168.